The molecule has 6 nitrogen and oxygen atoms in total. The number of hydrogen-bond donors (Lipinski definition) is 1. The highest BCUT2D eigenvalue weighted by Gasteiger charge is 2.51. The number of rotatable bonds is 2. The summed E-state index contributed by atoms with van der Waals surface area (Å²) in [6, 6.07) is -1.01. The van der Waals surface area contributed by atoms with Gasteiger partial charge in [-0.05, 0) is 13.3 Å². The predicted octanol–water partition coefficient (Wildman–Crippen LogP) is 0.855. The SMILES string of the molecule is CCOC(=O)C1CC(C)(C)C(=O)N1C(=O)O. The van der Waals surface area contributed by atoms with E-state index in [0.717, 1.165) is 0 Å². The van der Waals surface area contributed by atoms with Gasteiger partial charge in [-0.2, -0.15) is 0 Å². The van der Waals surface area contributed by atoms with Crippen LogP contribution >= 0.6 is 0 Å². The fourth-order valence-electron chi connectivity index (χ4n) is 1.78. The maximum atomic E-state index is 11.7. The Bertz CT molecular complexity index is 336. The molecule has 1 aliphatic rings. The van der Waals surface area contributed by atoms with E-state index >= 15 is 0 Å². The Labute approximate surface area is 93.2 Å². The molecule has 0 spiro atoms. The minimum Gasteiger partial charge on any atom is -0.465 e. The Morgan fingerprint density at radius 2 is 2.12 bits per heavy atom. The van der Waals surface area contributed by atoms with E-state index in [0.29, 0.717) is 4.90 Å². The van der Waals surface area contributed by atoms with E-state index in [1.54, 1.807) is 20.8 Å². The highest BCUT2D eigenvalue weighted by atomic mass is 16.5. The van der Waals surface area contributed by atoms with E-state index in [9.17, 15) is 14.4 Å². The van der Waals surface area contributed by atoms with Crippen LogP contribution in [0.15, 0.2) is 0 Å². The molecular formula is C10H15NO5. The number of esters is 1. The van der Waals surface area contributed by atoms with Crippen LogP contribution in [0.25, 0.3) is 0 Å². The van der Waals surface area contributed by atoms with Crippen LogP contribution in [0.5, 0.6) is 0 Å². The van der Waals surface area contributed by atoms with Gasteiger partial charge < -0.3 is 9.84 Å². The smallest absolute Gasteiger partial charge is 0.414 e. The zero-order valence-corrected chi connectivity index (χ0v) is 9.52. The van der Waals surface area contributed by atoms with E-state index in [1.165, 1.54) is 0 Å². The number of hydrogen-bond acceptors (Lipinski definition) is 4. The Balaban J connectivity index is 2.97. The molecule has 16 heavy (non-hydrogen) atoms. The number of likely N-dealkylation sites (tertiary alicyclic amines) is 1. The summed E-state index contributed by atoms with van der Waals surface area (Å²) < 4.78 is 4.75. The van der Waals surface area contributed by atoms with Crippen molar-refractivity contribution in [2.24, 2.45) is 5.41 Å². The topological polar surface area (TPSA) is 83.9 Å². The van der Waals surface area contributed by atoms with Crippen molar-refractivity contribution >= 4 is 18.0 Å². The molecule has 1 rings (SSSR count). The summed E-state index contributed by atoms with van der Waals surface area (Å²) in [7, 11) is 0. The van der Waals surface area contributed by atoms with Crippen LogP contribution in [0.4, 0.5) is 4.79 Å². The third-order valence-electron chi connectivity index (χ3n) is 2.58. The Hall–Kier alpha value is -1.59. The Morgan fingerprint density at radius 1 is 1.56 bits per heavy atom. The molecule has 0 aromatic rings. The molecule has 0 aromatic carbocycles. The van der Waals surface area contributed by atoms with E-state index in [1.807, 2.05) is 0 Å². The second-order valence-corrected chi connectivity index (χ2v) is 4.31. The molecule has 2 amide bonds. The lowest BCUT2D eigenvalue weighted by Crippen LogP contribution is -2.43. The molecule has 1 atom stereocenters. The molecule has 90 valence electrons. The van der Waals surface area contributed by atoms with Gasteiger partial charge in [-0.25, -0.2) is 14.5 Å². The van der Waals surface area contributed by atoms with Crippen LogP contribution in [0.3, 0.4) is 0 Å². The summed E-state index contributed by atoms with van der Waals surface area (Å²) in [5.41, 5.74) is -0.837. The molecule has 1 aliphatic heterocycles. The highest BCUT2D eigenvalue weighted by Crippen LogP contribution is 2.35. The van der Waals surface area contributed by atoms with Gasteiger partial charge in [0, 0.05) is 5.41 Å². The minimum absolute atomic E-state index is 0.164. The van der Waals surface area contributed by atoms with Gasteiger partial charge in [0.05, 0.1) is 6.61 Å². The zero-order chi connectivity index (χ0) is 12.5. The quantitative estimate of drug-likeness (QED) is 0.710. The number of nitrogens with zero attached hydrogens (tertiary/aromatic N) is 1. The normalized spacial score (nSPS) is 23.3. The molecule has 0 saturated carbocycles. The second-order valence-electron chi connectivity index (χ2n) is 4.31. The summed E-state index contributed by atoms with van der Waals surface area (Å²) in [5.74, 6) is -1.22. The standard InChI is InChI=1S/C10H15NO5/c1-4-16-7(12)6-5-10(2,3)8(13)11(6)9(14)15/h6H,4-5H2,1-3H3,(H,14,15). The van der Waals surface area contributed by atoms with Crippen LogP contribution in [0.2, 0.25) is 0 Å². The number of carbonyl (C=O) groups excluding carboxylic acids is 2. The van der Waals surface area contributed by atoms with Gasteiger partial charge >= 0.3 is 12.1 Å². The van der Waals surface area contributed by atoms with E-state index in [-0.39, 0.29) is 13.0 Å². The molecule has 1 heterocycles. The lowest BCUT2D eigenvalue weighted by atomic mass is 9.90. The van der Waals surface area contributed by atoms with Crippen molar-refractivity contribution in [1.82, 2.24) is 4.90 Å². The number of carbonyl (C=O) groups is 3. The minimum atomic E-state index is -1.41. The van der Waals surface area contributed by atoms with Gasteiger partial charge in [-0.3, -0.25) is 4.79 Å². The van der Waals surface area contributed by atoms with Crippen molar-refractivity contribution in [2.45, 2.75) is 33.2 Å². The van der Waals surface area contributed by atoms with Gasteiger partial charge in [0.15, 0.2) is 0 Å². The fourth-order valence-corrected chi connectivity index (χ4v) is 1.78. The number of imide groups is 1. The lowest BCUT2D eigenvalue weighted by molar-refractivity contribution is -0.150. The molecule has 1 saturated heterocycles. The van der Waals surface area contributed by atoms with Crippen LogP contribution < -0.4 is 0 Å². The van der Waals surface area contributed by atoms with Gasteiger partial charge in [0.25, 0.3) is 0 Å². The van der Waals surface area contributed by atoms with Gasteiger partial charge in [-0.15, -0.1) is 0 Å². The monoisotopic (exact) mass is 229 g/mol. The molecule has 0 aliphatic carbocycles. The maximum absolute atomic E-state index is 11.7. The van der Waals surface area contributed by atoms with E-state index in [4.69, 9.17) is 9.84 Å². The predicted molar refractivity (Wildman–Crippen MR) is 53.7 cm³/mol. The number of carboxylic acid groups (broad SMARTS) is 1. The Morgan fingerprint density at radius 3 is 2.56 bits per heavy atom. The third kappa shape index (κ3) is 2.00. The van der Waals surface area contributed by atoms with Crippen molar-refractivity contribution in [1.29, 1.82) is 0 Å². The van der Waals surface area contributed by atoms with Crippen molar-refractivity contribution in [3.63, 3.8) is 0 Å². The third-order valence-corrected chi connectivity index (χ3v) is 2.58. The summed E-state index contributed by atoms with van der Waals surface area (Å²) in [6.07, 6.45) is -1.25. The molecule has 1 N–H and O–H groups in total. The van der Waals surface area contributed by atoms with Gasteiger partial charge in [0.1, 0.15) is 6.04 Å². The Kier molecular flexibility index (Phi) is 3.21. The highest BCUT2D eigenvalue weighted by molar-refractivity contribution is 6.01. The van der Waals surface area contributed by atoms with Crippen molar-refractivity contribution in [2.75, 3.05) is 6.61 Å². The summed E-state index contributed by atoms with van der Waals surface area (Å²) >= 11 is 0. The zero-order valence-electron chi connectivity index (χ0n) is 9.52. The van der Waals surface area contributed by atoms with Crippen molar-refractivity contribution in [3.05, 3.63) is 0 Å². The molecule has 0 aromatic heterocycles. The fraction of sp³-hybridized carbons (Fsp3) is 0.700. The first-order chi connectivity index (χ1) is 7.31. The average Bonchev–Trinajstić information content (AvgIpc) is 2.39. The lowest BCUT2D eigenvalue weighted by Gasteiger charge is -2.17. The van der Waals surface area contributed by atoms with Crippen LogP contribution in [0.1, 0.15) is 27.2 Å². The van der Waals surface area contributed by atoms with Crippen molar-refractivity contribution < 1.29 is 24.2 Å². The van der Waals surface area contributed by atoms with Gasteiger partial charge in [-0.1, -0.05) is 13.8 Å². The number of ether oxygens (including phenoxy) is 1. The first kappa shape index (κ1) is 12.5. The van der Waals surface area contributed by atoms with E-state index in [2.05, 4.69) is 0 Å². The molecule has 1 fully saturated rings. The molecule has 0 radical (unpaired) electrons. The van der Waals surface area contributed by atoms with Gasteiger partial charge in [0.2, 0.25) is 5.91 Å². The van der Waals surface area contributed by atoms with Crippen LogP contribution in [0, 0.1) is 5.41 Å². The maximum Gasteiger partial charge on any atom is 0.414 e. The molecule has 6 heteroatoms. The number of amides is 2. The summed E-state index contributed by atoms with van der Waals surface area (Å²) in [6.45, 7) is 5.03. The molecule has 1 unspecified atom stereocenters. The first-order valence-electron chi connectivity index (χ1n) is 5.04. The largest absolute Gasteiger partial charge is 0.465 e. The molecule has 0 bridgehead atoms. The summed E-state index contributed by atoms with van der Waals surface area (Å²) in [5, 5.41) is 8.90. The average molecular weight is 229 g/mol. The van der Waals surface area contributed by atoms with Crippen molar-refractivity contribution in [3.8, 4) is 0 Å². The van der Waals surface area contributed by atoms with Crippen LogP contribution in [-0.2, 0) is 14.3 Å². The van der Waals surface area contributed by atoms with Crippen LogP contribution in [-0.4, -0.2) is 40.6 Å². The summed E-state index contributed by atoms with van der Waals surface area (Å²) in [4.78, 5) is 34.7. The first-order valence-corrected chi connectivity index (χ1v) is 5.04. The second kappa shape index (κ2) is 4.11. The molecular weight excluding hydrogens is 214 g/mol. The van der Waals surface area contributed by atoms with E-state index < -0.39 is 29.4 Å².